The van der Waals surface area contributed by atoms with Gasteiger partial charge in [-0.2, -0.15) is 5.10 Å². The van der Waals surface area contributed by atoms with Gasteiger partial charge in [0.25, 0.3) is 5.91 Å². The number of ether oxygens (including phenoxy) is 2. The quantitative estimate of drug-likeness (QED) is 0.255. The normalized spacial score (nSPS) is 11.1. The lowest BCUT2D eigenvalue weighted by atomic mass is 10.2. The highest BCUT2D eigenvalue weighted by Gasteiger charge is 2.20. The molecule has 0 heterocycles. The smallest absolute Gasteiger partial charge is 0.260 e. The number of carbonyl (C=O) groups excluding carboxylic acids is 1. The van der Waals surface area contributed by atoms with E-state index in [9.17, 15) is 13.2 Å². The number of nitrogens with one attached hydrogen (secondary N) is 1. The third kappa shape index (κ3) is 7.49. The molecule has 0 fully saturated rings. The topological polar surface area (TPSA) is 97.3 Å². The van der Waals surface area contributed by atoms with Crippen LogP contribution in [0.3, 0.4) is 0 Å². The van der Waals surface area contributed by atoms with Crippen LogP contribution in [-0.4, -0.2) is 39.9 Å². The molecule has 3 aromatic carbocycles. The Morgan fingerprint density at radius 3 is 2.21 bits per heavy atom. The molecule has 0 radical (unpaired) electrons. The van der Waals surface area contributed by atoms with Crippen molar-refractivity contribution < 1.29 is 22.7 Å². The fourth-order valence-electron chi connectivity index (χ4n) is 2.85. The lowest BCUT2D eigenvalue weighted by Gasteiger charge is -2.21. The first-order valence-electron chi connectivity index (χ1n) is 10.3. The first-order valence-corrected chi connectivity index (χ1v) is 12.2. The average Bonchev–Trinajstić information content (AvgIpc) is 2.83. The van der Waals surface area contributed by atoms with Gasteiger partial charge < -0.3 is 9.47 Å². The van der Waals surface area contributed by atoms with Gasteiger partial charge in [-0.05, 0) is 66.2 Å². The van der Waals surface area contributed by atoms with E-state index in [0.29, 0.717) is 29.5 Å². The van der Waals surface area contributed by atoms with E-state index in [1.807, 2.05) is 30.3 Å². The van der Waals surface area contributed by atoms with E-state index in [4.69, 9.17) is 9.47 Å². The van der Waals surface area contributed by atoms with Crippen LogP contribution < -0.4 is 19.2 Å². The summed E-state index contributed by atoms with van der Waals surface area (Å²) in [6, 6.07) is 22.7. The summed E-state index contributed by atoms with van der Waals surface area (Å²) in [5, 5.41) is 3.90. The Bertz CT molecular complexity index is 1230. The number of sulfonamides is 1. The molecule has 0 bridgehead atoms. The molecule has 176 valence electrons. The highest BCUT2D eigenvalue weighted by molar-refractivity contribution is 7.92. The third-order valence-electron chi connectivity index (χ3n) is 4.44. The van der Waals surface area contributed by atoms with Crippen LogP contribution in [0.5, 0.6) is 17.2 Å². The number of benzene rings is 3. The van der Waals surface area contributed by atoms with E-state index in [1.54, 1.807) is 54.6 Å². The highest BCUT2D eigenvalue weighted by Crippen LogP contribution is 2.25. The molecule has 34 heavy (non-hydrogen) atoms. The molecule has 9 heteroatoms. The van der Waals surface area contributed by atoms with Crippen LogP contribution in [0.15, 0.2) is 96.6 Å². The Kier molecular flexibility index (Phi) is 8.42. The average molecular weight is 480 g/mol. The Morgan fingerprint density at radius 2 is 1.59 bits per heavy atom. The molecular weight excluding hydrogens is 454 g/mol. The zero-order chi connectivity index (χ0) is 24.4. The van der Waals surface area contributed by atoms with E-state index >= 15 is 0 Å². The van der Waals surface area contributed by atoms with Crippen LogP contribution in [0.25, 0.3) is 0 Å². The lowest BCUT2D eigenvalue weighted by Crippen LogP contribution is -2.38. The largest absolute Gasteiger partial charge is 0.490 e. The van der Waals surface area contributed by atoms with E-state index in [0.717, 1.165) is 16.1 Å². The van der Waals surface area contributed by atoms with Crippen molar-refractivity contribution in [2.75, 3.05) is 23.7 Å². The number of nitrogens with zero attached hydrogens (tertiary/aromatic N) is 2. The van der Waals surface area contributed by atoms with E-state index < -0.39 is 22.5 Å². The lowest BCUT2D eigenvalue weighted by molar-refractivity contribution is -0.119. The minimum absolute atomic E-state index is 0.331. The SMILES string of the molecule is C=CCOc1ccc(/C=N\NC(=O)CN(c2ccc(Oc3ccccc3)cc2)S(C)(=O)=O)cc1. The van der Waals surface area contributed by atoms with E-state index in [2.05, 4.69) is 17.1 Å². The van der Waals surface area contributed by atoms with Gasteiger partial charge in [0.15, 0.2) is 0 Å². The van der Waals surface area contributed by atoms with E-state index in [-0.39, 0.29) is 0 Å². The molecule has 0 spiro atoms. The summed E-state index contributed by atoms with van der Waals surface area (Å²) in [7, 11) is -3.72. The van der Waals surface area contributed by atoms with Gasteiger partial charge in [-0.3, -0.25) is 9.10 Å². The maximum Gasteiger partial charge on any atom is 0.260 e. The molecule has 1 amide bonds. The zero-order valence-corrected chi connectivity index (χ0v) is 19.4. The molecule has 0 aromatic heterocycles. The van der Waals surface area contributed by atoms with Crippen molar-refractivity contribution in [1.82, 2.24) is 5.43 Å². The summed E-state index contributed by atoms with van der Waals surface area (Å²) in [5.41, 5.74) is 3.42. The van der Waals surface area contributed by atoms with Gasteiger partial charge in [0, 0.05) is 0 Å². The minimum atomic E-state index is -3.72. The van der Waals surface area contributed by atoms with Crippen molar-refractivity contribution in [1.29, 1.82) is 0 Å². The summed E-state index contributed by atoms with van der Waals surface area (Å²) in [4.78, 5) is 12.4. The van der Waals surface area contributed by atoms with Crippen LogP contribution in [0.4, 0.5) is 5.69 Å². The summed E-state index contributed by atoms with van der Waals surface area (Å²) in [5.74, 6) is 1.30. The van der Waals surface area contributed by atoms with Crippen LogP contribution in [-0.2, 0) is 14.8 Å². The first-order chi connectivity index (χ1) is 16.3. The fraction of sp³-hybridized carbons (Fsp3) is 0.120. The third-order valence-corrected chi connectivity index (χ3v) is 5.58. The number of rotatable bonds is 11. The molecule has 0 atom stereocenters. The molecule has 0 saturated carbocycles. The Hall–Kier alpha value is -4.11. The summed E-state index contributed by atoms with van der Waals surface area (Å²) < 4.78 is 36.7. The standard InChI is InChI=1S/C25H25N3O5S/c1-3-17-32-22-13-9-20(10-14-22)18-26-27-25(29)19-28(34(2,30)31)21-11-15-24(16-12-21)33-23-7-5-4-6-8-23/h3-16,18H,1,17,19H2,2H3,(H,27,29)/b26-18-. The molecule has 0 aliphatic rings. The highest BCUT2D eigenvalue weighted by atomic mass is 32.2. The maximum atomic E-state index is 12.4. The van der Waals surface area contributed by atoms with Crippen molar-refractivity contribution >= 4 is 27.8 Å². The number of hydrazone groups is 1. The van der Waals surface area contributed by atoms with Crippen LogP contribution in [0.2, 0.25) is 0 Å². The van der Waals surface area contributed by atoms with Gasteiger partial charge in [0.2, 0.25) is 10.0 Å². The van der Waals surface area contributed by atoms with Gasteiger partial charge in [-0.15, -0.1) is 0 Å². The summed E-state index contributed by atoms with van der Waals surface area (Å²) >= 11 is 0. The van der Waals surface area contributed by atoms with Gasteiger partial charge in [0.1, 0.15) is 30.4 Å². The van der Waals surface area contributed by atoms with Gasteiger partial charge in [0.05, 0.1) is 18.2 Å². The molecule has 3 rings (SSSR count). The second-order valence-corrected chi connectivity index (χ2v) is 9.05. The van der Waals surface area contributed by atoms with Crippen molar-refractivity contribution in [3.05, 3.63) is 97.1 Å². The molecule has 0 saturated heterocycles. The first kappa shape index (κ1) is 24.5. The molecular formula is C25H25N3O5S. The number of hydrogen-bond acceptors (Lipinski definition) is 6. The Balaban J connectivity index is 1.60. The second-order valence-electron chi connectivity index (χ2n) is 7.14. The Morgan fingerprint density at radius 1 is 0.971 bits per heavy atom. The molecule has 0 aliphatic heterocycles. The number of amides is 1. The summed E-state index contributed by atoms with van der Waals surface area (Å²) in [6.07, 6.45) is 4.14. The van der Waals surface area contributed by atoms with Crippen molar-refractivity contribution in [2.45, 2.75) is 0 Å². The van der Waals surface area contributed by atoms with Crippen LogP contribution >= 0.6 is 0 Å². The van der Waals surface area contributed by atoms with Crippen molar-refractivity contribution in [2.24, 2.45) is 5.10 Å². The van der Waals surface area contributed by atoms with Crippen LogP contribution in [0, 0.1) is 0 Å². The minimum Gasteiger partial charge on any atom is -0.490 e. The number of carbonyl (C=O) groups is 1. The predicted octanol–water partition coefficient (Wildman–Crippen LogP) is 3.96. The number of anilines is 1. The van der Waals surface area contributed by atoms with E-state index in [1.165, 1.54) is 6.21 Å². The summed E-state index contributed by atoms with van der Waals surface area (Å²) in [6.45, 7) is 3.57. The molecule has 3 aromatic rings. The maximum absolute atomic E-state index is 12.4. The predicted molar refractivity (Wildman–Crippen MR) is 133 cm³/mol. The van der Waals surface area contributed by atoms with Crippen molar-refractivity contribution in [3.8, 4) is 17.2 Å². The molecule has 0 unspecified atom stereocenters. The second kappa shape index (κ2) is 11.7. The molecule has 1 N–H and O–H groups in total. The molecule has 8 nitrogen and oxygen atoms in total. The fourth-order valence-corrected chi connectivity index (χ4v) is 3.71. The zero-order valence-electron chi connectivity index (χ0n) is 18.6. The molecule has 0 aliphatic carbocycles. The monoisotopic (exact) mass is 479 g/mol. The van der Waals surface area contributed by atoms with Gasteiger partial charge in [-0.1, -0.05) is 30.9 Å². The number of hydrogen-bond donors (Lipinski definition) is 1. The Labute approximate surface area is 199 Å². The van der Waals surface area contributed by atoms with Gasteiger partial charge >= 0.3 is 0 Å². The van der Waals surface area contributed by atoms with Gasteiger partial charge in [-0.25, -0.2) is 13.8 Å². The van der Waals surface area contributed by atoms with Crippen molar-refractivity contribution in [3.63, 3.8) is 0 Å². The van der Waals surface area contributed by atoms with Crippen LogP contribution in [0.1, 0.15) is 5.56 Å². The number of para-hydroxylation sites is 1.